The molecule has 1 fully saturated rings. The second-order valence-corrected chi connectivity index (χ2v) is 6.05. The smallest absolute Gasteiger partial charge is 0.167 e. The van der Waals surface area contributed by atoms with Gasteiger partial charge in [-0.05, 0) is 36.5 Å². The number of ether oxygens (including phenoxy) is 1. The topological polar surface area (TPSA) is 26.3 Å². The molecule has 1 atom stereocenters. The summed E-state index contributed by atoms with van der Waals surface area (Å²) in [6, 6.07) is 5.27. The molecular formula is C15H19ClO2. The highest BCUT2D eigenvalue weighted by molar-refractivity contribution is 6.34. The summed E-state index contributed by atoms with van der Waals surface area (Å²) in [5.74, 6) is 0.941. The Hall–Kier alpha value is -1.02. The van der Waals surface area contributed by atoms with E-state index in [0.717, 1.165) is 19.3 Å². The molecule has 0 aliphatic heterocycles. The van der Waals surface area contributed by atoms with Crippen LogP contribution in [0.25, 0.3) is 0 Å². The molecule has 0 spiro atoms. The third-order valence-electron chi connectivity index (χ3n) is 4.02. The lowest BCUT2D eigenvalue weighted by atomic mass is 9.78. The average molecular weight is 267 g/mol. The number of hydrogen-bond acceptors (Lipinski definition) is 2. The van der Waals surface area contributed by atoms with E-state index in [2.05, 4.69) is 13.8 Å². The Labute approximate surface area is 113 Å². The molecule has 1 aliphatic rings. The monoisotopic (exact) mass is 266 g/mol. The van der Waals surface area contributed by atoms with Gasteiger partial charge in [-0.25, -0.2) is 0 Å². The first kappa shape index (κ1) is 13.4. The molecule has 1 aromatic carbocycles. The van der Waals surface area contributed by atoms with Crippen LogP contribution in [-0.2, 0) is 0 Å². The van der Waals surface area contributed by atoms with Gasteiger partial charge >= 0.3 is 0 Å². The number of hydrogen-bond donors (Lipinski definition) is 0. The first-order valence-corrected chi connectivity index (χ1v) is 6.71. The number of rotatable bonds is 3. The lowest BCUT2D eigenvalue weighted by Crippen LogP contribution is -2.26. The molecule has 3 heteroatoms. The summed E-state index contributed by atoms with van der Waals surface area (Å²) in [6.07, 6.45) is 3.20. The third kappa shape index (κ3) is 2.39. The van der Waals surface area contributed by atoms with Gasteiger partial charge in [-0.2, -0.15) is 0 Å². The fourth-order valence-electron chi connectivity index (χ4n) is 2.82. The van der Waals surface area contributed by atoms with Crippen molar-refractivity contribution in [2.24, 2.45) is 11.3 Å². The molecule has 0 saturated heterocycles. The highest BCUT2D eigenvalue weighted by Gasteiger charge is 2.39. The van der Waals surface area contributed by atoms with Crippen LogP contribution in [0.1, 0.15) is 43.5 Å². The Morgan fingerprint density at radius 3 is 2.67 bits per heavy atom. The highest BCUT2D eigenvalue weighted by atomic mass is 35.5. The molecule has 1 aliphatic carbocycles. The Kier molecular flexibility index (Phi) is 3.67. The van der Waals surface area contributed by atoms with E-state index in [0.29, 0.717) is 16.3 Å². The van der Waals surface area contributed by atoms with Crippen LogP contribution in [0, 0.1) is 11.3 Å². The predicted molar refractivity (Wildman–Crippen MR) is 73.5 cm³/mol. The van der Waals surface area contributed by atoms with E-state index in [-0.39, 0.29) is 17.1 Å². The number of benzene rings is 1. The fraction of sp³-hybridized carbons (Fsp3) is 0.533. The SMILES string of the molecule is COc1ccc(C(=O)C2CCCC2(C)C)c(Cl)c1. The van der Waals surface area contributed by atoms with Gasteiger partial charge in [0.25, 0.3) is 0 Å². The molecule has 18 heavy (non-hydrogen) atoms. The van der Waals surface area contributed by atoms with Gasteiger partial charge in [0.2, 0.25) is 0 Å². The van der Waals surface area contributed by atoms with Crippen molar-refractivity contribution in [1.82, 2.24) is 0 Å². The Bertz CT molecular complexity index is 466. The lowest BCUT2D eigenvalue weighted by Gasteiger charge is -2.26. The molecule has 98 valence electrons. The Balaban J connectivity index is 2.29. The molecule has 1 aromatic rings. The summed E-state index contributed by atoms with van der Waals surface area (Å²) in [6.45, 7) is 4.33. The van der Waals surface area contributed by atoms with Crippen molar-refractivity contribution in [3.05, 3.63) is 28.8 Å². The summed E-state index contributed by atoms with van der Waals surface area (Å²) < 4.78 is 5.10. The average Bonchev–Trinajstić information content (AvgIpc) is 2.68. The first-order chi connectivity index (χ1) is 8.45. The van der Waals surface area contributed by atoms with Crippen molar-refractivity contribution in [1.29, 1.82) is 0 Å². The van der Waals surface area contributed by atoms with Crippen LogP contribution in [0.3, 0.4) is 0 Å². The van der Waals surface area contributed by atoms with Crippen LogP contribution >= 0.6 is 11.6 Å². The standard InChI is InChI=1S/C15H19ClO2/c1-15(2)8-4-5-12(15)14(17)11-7-6-10(18-3)9-13(11)16/h6-7,9,12H,4-5,8H2,1-3H3. The number of halogens is 1. The van der Waals surface area contributed by atoms with Crippen molar-refractivity contribution >= 4 is 17.4 Å². The zero-order valence-corrected chi connectivity index (χ0v) is 11.9. The fourth-order valence-corrected chi connectivity index (χ4v) is 3.09. The van der Waals surface area contributed by atoms with Crippen LogP contribution < -0.4 is 4.74 Å². The number of carbonyl (C=O) groups is 1. The molecule has 0 heterocycles. The van der Waals surface area contributed by atoms with Gasteiger partial charge in [0.05, 0.1) is 12.1 Å². The molecule has 1 unspecified atom stereocenters. The van der Waals surface area contributed by atoms with E-state index in [1.807, 2.05) is 0 Å². The molecule has 0 amide bonds. The minimum atomic E-state index is 0.0837. The highest BCUT2D eigenvalue weighted by Crippen LogP contribution is 2.44. The molecular weight excluding hydrogens is 248 g/mol. The molecule has 0 N–H and O–H groups in total. The number of ketones is 1. The van der Waals surface area contributed by atoms with Gasteiger partial charge in [-0.3, -0.25) is 4.79 Å². The van der Waals surface area contributed by atoms with Crippen molar-refractivity contribution in [3.8, 4) is 5.75 Å². The molecule has 2 rings (SSSR count). The van der Waals surface area contributed by atoms with Gasteiger partial charge in [-0.15, -0.1) is 0 Å². The minimum Gasteiger partial charge on any atom is -0.497 e. The second-order valence-electron chi connectivity index (χ2n) is 5.64. The summed E-state index contributed by atoms with van der Waals surface area (Å²) in [7, 11) is 1.59. The van der Waals surface area contributed by atoms with Crippen molar-refractivity contribution in [2.45, 2.75) is 33.1 Å². The van der Waals surface area contributed by atoms with E-state index >= 15 is 0 Å². The maximum atomic E-state index is 12.6. The summed E-state index contributed by atoms with van der Waals surface area (Å²) in [5.41, 5.74) is 0.706. The largest absolute Gasteiger partial charge is 0.497 e. The van der Waals surface area contributed by atoms with E-state index < -0.39 is 0 Å². The van der Waals surface area contributed by atoms with E-state index in [4.69, 9.17) is 16.3 Å². The number of Topliss-reactive ketones (excluding diaryl/α,β-unsaturated/α-hetero) is 1. The number of carbonyl (C=O) groups excluding carboxylic acids is 1. The van der Waals surface area contributed by atoms with Gasteiger partial charge < -0.3 is 4.74 Å². The normalized spacial score (nSPS) is 21.9. The zero-order chi connectivity index (χ0) is 13.3. The van der Waals surface area contributed by atoms with Gasteiger partial charge in [0.15, 0.2) is 5.78 Å². The quantitative estimate of drug-likeness (QED) is 0.760. The minimum absolute atomic E-state index is 0.0837. The van der Waals surface area contributed by atoms with E-state index in [1.54, 1.807) is 25.3 Å². The third-order valence-corrected chi connectivity index (χ3v) is 4.33. The summed E-state index contributed by atoms with van der Waals surface area (Å²) in [4.78, 5) is 12.6. The van der Waals surface area contributed by atoms with Crippen LogP contribution in [0.2, 0.25) is 5.02 Å². The Morgan fingerprint density at radius 2 is 2.17 bits per heavy atom. The van der Waals surface area contributed by atoms with E-state index in [9.17, 15) is 4.79 Å². The second kappa shape index (κ2) is 4.93. The summed E-state index contributed by atoms with van der Waals surface area (Å²) in [5, 5.41) is 0.488. The first-order valence-electron chi connectivity index (χ1n) is 6.33. The van der Waals surface area contributed by atoms with Crippen molar-refractivity contribution in [3.63, 3.8) is 0 Å². The number of methoxy groups -OCH3 is 1. The maximum absolute atomic E-state index is 12.6. The van der Waals surface area contributed by atoms with Crippen LogP contribution in [0.4, 0.5) is 0 Å². The van der Waals surface area contributed by atoms with E-state index in [1.165, 1.54) is 0 Å². The van der Waals surface area contributed by atoms with Crippen LogP contribution in [-0.4, -0.2) is 12.9 Å². The van der Waals surface area contributed by atoms with Crippen molar-refractivity contribution in [2.75, 3.05) is 7.11 Å². The molecule has 1 saturated carbocycles. The van der Waals surface area contributed by atoms with Gasteiger partial charge in [0, 0.05) is 11.5 Å². The zero-order valence-electron chi connectivity index (χ0n) is 11.1. The van der Waals surface area contributed by atoms with Gasteiger partial charge in [-0.1, -0.05) is 31.9 Å². The van der Waals surface area contributed by atoms with Crippen LogP contribution in [0.5, 0.6) is 5.75 Å². The Morgan fingerprint density at radius 1 is 1.44 bits per heavy atom. The van der Waals surface area contributed by atoms with Gasteiger partial charge in [0.1, 0.15) is 5.75 Å². The van der Waals surface area contributed by atoms with Crippen molar-refractivity contribution < 1.29 is 9.53 Å². The molecule has 0 bridgehead atoms. The molecule has 0 aromatic heterocycles. The predicted octanol–water partition coefficient (Wildman–Crippen LogP) is 4.36. The summed E-state index contributed by atoms with van der Waals surface area (Å²) >= 11 is 6.17. The molecule has 0 radical (unpaired) electrons. The molecule has 2 nitrogen and oxygen atoms in total. The van der Waals surface area contributed by atoms with Crippen LogP contribution in [0.15, 0.2) is 18.2 Å². The lowest BCUT2D eigenvalue weighted by molar-refractivity contribution is 0.0839. The maximum Gasteiger partial charge on any atom is 0.167 e.